The van der Waals surface area contributed by atoms with Gasteiger partial charge in [0.2, 0.25) is 0 Å². The van der Waals surface area contributed by atoms with Crippen LogP contribution in [-0.4, -0.2) is 68.2 Å². The first-order valence-electron chi connectivity index (χ1n) is 11.4. The average molecular weight is 470 g/mol. The monoisotopic (exact) mass is 469 g/mol. The number of methoxy groups -OCH3 is 2. The third-order valence-electron chi connectivity index (χ3n) is 5.73. The normalized spacial score (nSPS) is 14.2. The molecule has 0 aliphatic carbocycles. The van der Waals surface area contributed by atoms with Crippen LogP contribution >= 0.6 is 0 Å². The molecule has 1 aliphatic rings. The Morgan fingerprint density at radius 2 is 1.62 bits per heavy atom. The van der Waals surface area contributed by atoms with E-state index in [0.29, 0.717) is 73.5 Å². The highest BCUT2D eigenvalue weighted by Crippen LogP contribution is 2.30. The van der Waals surface area contributed by atoms with Crippen molar-refractivity contribution in [1.29, 1.82) is 0 Å². The lowest BCUT2D eigenvalue weighted by Gasteiger charge is -2.27. The molecule has 1 aliphatic heterocycles. The summed E-state index contributed by atoms with van der Waals surface area (Å²) in [6.07, 6.45) is 0. The maximum Gasteiger partial charge on any atom is 0.261 e. The van der Waals surface area contributed by atoms with Gasteiger partial charge in [0.05, 0.1) is 58.0 Å². The minimum Gasteiger partial charge on any atom is -0.494 e. The van der Waals surface area contributed by atoms with Crippen LogP contribution in [0.5, 0.6) is 23.0 Å². The average Bonchev–Trinajstić information content (AvgIpc) is 2.87. The van der Waals surface area contributed by atoms with Crippen LogP contribution in [0.15, 0.2) is 41.2 Å². The van der Waals surface area contributed by atoms with Gasteiger partial charge in [0.25, 0.3) is 5.56 Å². The van der Waals surface area contributed by atoms with Crippen molar-refractivity contribution in [3.05, 3.63) is 52.6 Å². The van der Waals surface area contributed by atoms with Crippen LogP contribution < -0.4 is 24.5 Å². The van der Waals surface area contributed by atoms with E-state index in [2.05, 4.69) is 4.90 Å². The first-order valence-corrected chi connectivity index (χ1v) is 11.4. The fraction of sp³-hybridized carbons (Fsp3) is 0.440. The van der Waals surface area contributed by atoms with Gasteiger partial charge < -0.3 is 23.7 Å². The van der Waals surface area contributed by atoms with Crippen LogP contribution in [0, 0.1) is 0 Å². The first kappa shape index (κ1) is 23.8. The van der Waals surface area contributed by atoms with E-state index in [0.717, 1.165) is 18.8 Å². The molecule has 0 N–H and O–H groups in total. The van der Waals surface area contributed by atoms with E-state index >= 15 is 0 Å². The molecule has 1 aromatic heterocycles. The van der Waals surface area contributed by atoms with Crippen molar-refractivity contribution in [2.75, 3.05) is 53.7 Å². The van der Waals surface area contributed by atoms with Crippen molar-refractivity contribution in [3.63, 3.8) is 0 Å². The molecule has 0 atom stereocenters. The van der Waals surface area contributed by atoms with E-state index in [-0.39, 0.29) is 5.56 Å². The predicted molar refractivity (Wildman–Crippen MR) is 128 cm³/mol. The fourth-order valence-corrected chi connectivity index (χ4v) is 3.96. The molecule has 3 aromatic rings. The fourth-order valence-electron chi connectivity index (χ4n) is 3.96. The van der Waals surface area contributed by atoms with Gasteiger partial charge in [0, 0.05) is 19.2 Å². The maximum atomic E-state index is 13.5. The molecule has 0 radical (unpaired) electrons. The molecule has 4 rings (SSSR count). The van der Waals surface area contributed by atoms with Crippen molar-refractivity contribution in [3.8, 4) is 23.0 Å². The Morgan fingerprint density at radius 1 is 0.971 bits per heavy atom. The third kappa shape index (κ3) is 5.43. The van der Waals surface area contributed by atoms with Crippen molar-refractivity contribution >= 4 is 10.9 Å². The molecular weight excluding hydrogens is 438 g/mol. The van der Waals surface area contributed by atoms with Gasteiger partial charge in [0.1, 0.15) is 23.9 Å². The molecule has 34 heavy (non-hydrogen) atoms. The second kappa shape index (κ2) is 11.2. The molecule has 9 heteroatoms. The summed E-state index contributed by atoms with van der Waals surface area (Å²) >= 11 is 0. The van der Waals surface area contributed by atoms with Crippen LogP contribution in [0.3, 0.4) is 0 Å². The zero-order chi connectivity index (χ0) is 23.9. The SMILES string of the molecule is CCOc1ccc(OCCn2c(CN3CCOCC3)nc3cc(OC)c(OC)cc3c2=O)cc1. The molecule has 2 aromatic carbocycles. The zero-order valence-corrected chi connectivity index (χ0v) is 19.9. The Morgan fingerprint density at radius 3 is 2.26 bits per heavy atom. The summed E-state index contributed by atoms with van der Waals surface area (Å²) in [7, 11) is 3.12. The van der Waals surface area contributed by atoms with Gasteiger partial charge in [-0.2, -0.15) is 0 Å². The summed E-state index contributed by atoms with van der Waals surface area (Å²) in [5.41, 5.74) is 0.444. The number of rotatable bonds is 10. The van der Waals surface area contributed by atoms with Crippen LogP contribution in [0.2, 0.25) is 0 Å². The lowest BCUT2D eigenvalue weighted by atomic mass is 10.2. The Bertz CT molecular complexity index is 1160. The minimum absolute atomic E-state index is 0.135. The molecule has 2 heterocycles. The topological polar surface area (TPSA) is 84.3 Å². The summed E-state index contributed by atoms with van der Waals surface area (Å²) in [5.74, 6) is 3.22. The second-order valence-corrected chi connectivity index (χ2v) is 7.85. The zero-order valence-electron chi connectivity index (χ0n) is 19.9. The largest absolute Gasteiger partial charge is 0.494 e. The van der Waals surface area contributed by atoms with Crippen molar-refractivity contribution in [1.82, 2.24) is 14.5 Å². The van der Waals surface area contributed by atoms with E-state index in [1.807, 2.05) is 31.2 Å². The number of hydrogen-bond acceptors (Lipinski definition) is 8. The summed E-state index contributed by atoms with van der Waals surface area (Å²) in [5, 5.41) is 0.476. The van der Waals surface area contributed by atoms with Gasteiger partial charge in [-0.15, -0.1) is 0 Å². The highest BCUT2D eigenvalue weighted by Gasteiger charge is 2.18. The van der Waals surface area contributed by atoms with Gasteiger partial charge in [-0.1, -0.05) is 0 Å². The van der Waals surface area contributed by atoms with Gasteiger partial charge in [-0.05, 0) is 37.3 Å². The van der Waals surface area contributed by atoms with Crippen molar-refractivity contribution < 1.29 is 23.7 Å². The lowest BCUT2D eigenvalue weighted by Crippen LogP contribution is -2.38. The number of ether oxygens (including phenoxy) is 5. The lowest BCUT2D eigenvalue weighted by molar-refractivity contribution is 0.0323. The van der Waals surface area contributed by atoms with Crippen LogP contribution in [0.4, 0.5) is 0 Å². The molecule has 182 valence electrons. The second-order valence-electron chi connectivity index (χ2n) is 7.85. The molecule has 0 amide bonds. The first-order chi connectivity index (χ1) is 16.6. The molecule has 1 fully saturated rings. The Kier molecular flexibility index (Phi) is 7.87. The molecule has 1 saturated heterocycles. The van der Waals surface area contributed by atoms with Gasteiger partial charge in [-0.25, -0.2) is 4.98 Å². The predicted octanol–water partition coefficient (Wildman–Crippen LogP) is 2.72. The Hall–Kier alpha value is -3.30. The smallest absolute Gasteiger partial charge is 0.261 e. The number of fused-ring (bicyclic) bond motifs is 1. The number of morpholine rings is 1. The Labute approximate surface area is 198 Å². The maximum absolute atomic E-state index is 13.5. The summed E-state index contributed by atoms with van der Waals surface area (Å²) in [4.78, 5) is 20.6. The quantitative estimate of drug-likeness (QED) is 0.448. The number of aromatic nitrogens is 2. The molecule has 9 nitrogen and oxygen atoms in total. The molecular formula is C25H31N3O6. The molecule has 0 spiro atoms. The van der Waals surface area contributed by atoms with Crippen molar-refractivity contribution in [2.24, 2.45) is 0 Å². The van der Waals surface area contributed by atoms with Gasteiger partial charge in [0.15, 0.2) is 11.5 Å². The number of nitrogens with zero attached hydrogens (tertiary/aromatic N) is 3. The number of benzene rings is 2. The van der Waals surface area contributed by atoms with E-state index in [1.54, 1.807) is 30.9 Å². The van der Waals surface area contributed by atoms with Crippen LogP contribution in [-0.2, 0) is 17.8 Å². The van der Waals surface area contributed by atoms with Crippen molar-refractivity contribution in [2.45, 2.75) is 20.0 Å². The minimum atomic E-state index is -0.135. The molecule has 0 unspecified atom stereocenters. The summed E-state index contributed by atoms with van der Waals surface area (Å²) in [6.45, 7) is 6.72. The highest BCUT2D eigenvalue weighted by atomic mass is 16.5. The highest BCUT2D eigenvalue weighted by molar-refractivity contribution is 5.82. The van der Waals surface area contributed by atoms with E-state index in [4.69, 9.17) is 28.7 Å². The van der Waals surface area contributed by atoms with Crippen LogP contribution in [0.25, 0.3) is 10.9 Å². The number of hydrogen-bond donors (Lipinski definition) is 0. The van der Waals surface area contributed by atoms with Gasteiger partial charge >= 0.3 is 0 Å². The molecule has 0 saturated carbocycles. The van der Waals surface area contributed by atoms with Crippen LogP contribution in [0.1, 0.15) is 12.7 Å². The molecule has 0 bridgehead atoms. The summed E-state index contributed by atoms with van der Waals surface area (Å²) in [6, 6.07) is 10.9. The standard InChI is InChI=1S/C25H31N3O6/c1-4-33-18-5-7-19(8-6-18)34-14-11-28-24(17-27-9-12-32-13-10-27)26-21-16-23(31-3)22(30-2)15-20(21)25(28)29/h5-8,15-16H,4,9-14,17H2,1-3H3. The van der Waals surface area contributed by atoms with Gasteiger partial charge in [-0.3, -0.25) is 14.3 Å². The Balaban J connectivity index is 1.62. The third-order valence-corrected chi connectivity index (χ3v) is 5.73. The van der Waals surface area contributed by atoms with E-state index in [9.17, 15) is 4.79 Å². The van der Waals surface area contributed by atoms with E-state index in [1.165, 1.54) is 0 Å². The van der Waals surface area contributed by atoms with E-state index < -0.39 is 0 Å². The summed E-state index contributed by atoms with van der Waals surface area (Å²) < 4.78 is 29.4.